The Morgan fingerprint density at radius 1 is 0.949 bits per heavy atom. The molecule has 1 amide bonds. The molecule has 0 unspecified atom stereocenters. The molecule has 4 aromatic rings. The van der Waals surface area contributed by atoms with Crippen molar-refractivity contribution in [2.24, 2.45) is 5.10 Å². The summed E-state index contributed by atoms with van der Waals surface area (Å²) in [5.74, 6) is -0.589. The number of hydrazone groups is 1. The number of rotatable bonds is 8. The van der Waals surface area contributed by atoms with Gasteiger partial charge in [-0.25, -0.2) is 13.8 Å². The molecule has 0 bridgehead atoms. The number of hydrogen-bond donors (Lipinski definition) is 1. The lowest BCUT2D eigenvalue weighted by Gasteiger charge is -2.25. The predicted octanol–water partition coefficient (Wildman–Crippen LogP) is 6.02. The number of nitrogens with one attached hydrogen (secondary N) is 1. The van der Waals surface area contributed by atoms with Gasteiger partial charge in [0.15, 0.2) is 0 Å². The number of halogens is 1. The van der Waals surface area contributed by atoms with Crippen molar-refractivity contribution in [3.05, 3.63) is 111 Å². The molecule has 39 heavy (non-hydrogen) atoms. The fourth-order valence-electron chi connectivity index (χ4n) is 4.35. The highest BCUT2D eigenvalue weighted by atomic mass is 35.5. The van der Waals surface area contributed by atoms with Crippen molar-refractivity contribution in [3.8, 4) is 5.69 Å². The Morgan fingerprint density at radius 3 is 2.21 bits per heavy atom. The largest absolute Gasteiger partial charge is 0.318 e. The van der Waals surface area contributed by atoms with Crippen LogP contribution in [0.5, 0.6) is 0 Å². The van der Waals surface area contributed by atoms with Gasteiger partial charge in [0.05, 0.1) is 16.8 Å². The third-order valence-electron chi connectivity index (χ3n) is 6.56. The van der Waals surface area contributed by atoms with Gasteiger partial charge in [-0.15, -0.1) is 0 Å². The van der Waals surface area contributed by atoms with Crippen LogP contribution < -0.4 is 9.73 Å². The van der Waals surface area contributed by atoms with Crippen molar-refractivity contribution in [3.63, 3.8) is 0 Å². The van der Waals surface area contributed by atoms with Gasteiger partial charge in [-0.1, -0.05) is 53.1 Å². The first-order chi connectivity index (χ1) is 18.5. The van der Waals surface area contributed by atoms with Gasteiger partial charge < -0.3 is 4.57 Å². The third-order valence-corrected chi connectivity index (χ3v) is 8.74. The Balaban J connectivity index is 1.58. The number of aryl methyl sites for hydroxylation is 3. The van der Waals surface area contributed by atoms with Crippen molar-refractivity contribution in [2.45, 2.75) is 39.5 Å². The Kier molecular flexibility index (Phi) is 8.28. The van der Waals surface area contributed by atoms with Crippen LogP contribution in [-0.4, -0.2) is 31.7 Å². The van der Waals surface area contributed by atoms with Gasteiger partial charge >= 0.3 is 0 Å². The van der Waals surface area contributed by atoms with Crippen molar-refractivity contribution in [1.29, 1.82) is 0 Å². The Bertz CT molecular complexity index is 1640. The summed E-state index contributed by atoms with van der Waals surface area (Å²) in [5, 5.41) is 4.53. The van der Waals surface area contributed by atoms with Crippen LogP contribution in [0.2, 0.25) is 5.02 Å². The zero-order chi connectivity index (χ0) is 28.3. The molecule has 0 atom stereocenters. The lowest BCUT2D eigenvalue weighted by molar-refractivity contribution is -0.119. The summed E-state index contributed by atoms with van der Waals surface area (Å²) in [6, 6.07) is 21.6. The van der Waals surface area contributed by atoms with E-state index >= 15 is 0 Å². The van der Waals surface area contributed by atoms with E-state index in [-0.39, 0.29) is 4.90 Å². The summed E-state index contributed by atoms with van der Waals surface area (Å²) in [6.07, 6.45) is 1.56. The van der Waals surface area contributed by atoms with Gasteiger partial charge in [-0.3, -0.25) is 9.10 Å². The standard InChI is InChI=1S/C30H31ClN4O3S/c1-20-9-13-26(14-10-20)35-22(3)17-25(24(35)5)18-32-33-30(36)19-34(29-8-6-7-28(31)23(29)4)39(37,38)27-15-11-21(2)12-16-27/h6-18H,19H2,1-5H3,(H,33,36)/b32-18-. The Labute approximate surface area is 234 Å². The van der Waals surface area contributed by atoms with Crippen molar-refractivity contribution < 1.29 is 13.2 Å². The molecule has 0 aliphatic carbocycles. The quantitative estimate of drug-likeness (QED) is 0.210. The van der Waals surface area contributed by atoms with E-state index in [1.807, 2.05) is 33.8 Å². The highest BCUT2D eigenvalue weighted by Crippen LogP contribution is 2.31. The van der Waals surface area contributed by atoms with Crippen LogP contribution in [-0.2, 0) is 14.8 Å². The SMILES string of the molecule is Cc1ccc(-n2c(C)cc(/C=N\NC(=O)CN(c3cccc(Cl)c3C)S(=O)(=O)c3ccc(C)cc3)c2C)cc1. The van der Waals surface area contributed by atoms with Crippen molar-refractivity contribution in [2.75, 3.05) is 10.8 Å². The molecule has 0 fully saturated rings. The minimum absolute atomic E-state index is 0.0762. The molecule has 0 aliphatic rings. The van der Waals surface area contributed by atoms with Crippen molar-refractivity contribution in [1.82, 2.24) is 9.99 Å². The molecule has 9 heteroatoms. The van der Waals surface area contributed by atoms with E-state index < -0.39 is 22.5 Å². The predicted molar refractivity (Wildman–Crippen MR) is 158 cm³/mol. The molecular weight excluding hydrogens is 532 g/mol. The molecule has 0 radical (unpaired) electrons. The summed E-state index contributed by atoms with van der Waals surface area (Å²) >= 11 is 6.30. The maximum atomic E-state index is 13.6. The van der Waals surface area contributed by atoms with E-state index in [1.54, 1.807) is 43.5 Å². The molecule has 1 heterocycles. The fourth-order valence-corrected chi connectivity index (χ4v) is 6.00. The first-order valence-electron chi connectivity index (χ1n) is 12.4. The monoisotopic (exact) mass is 562 g/mol. The Hall–Kier alpha value is -3.88. The summed E-state index contributed by atoms with van der Waals surface area (Å²) in [5.41, 5.74) is 9.32. The first-order valence-corrected chi connectivity index (χ1v) is 14.2. The van der Waals surface area contributed by atoms with Gasteiger partial charge in [0.1, 0.15) is 6.54 Å². The van der Waals surface area contributed by atoms with Gasteiger partial charge in [0, 0.05) is 27.7 Å². The van der Waals surface area contributed by atoms with E-state index in [1.165, 1.54) is 17.7 Å². The second-order valence-corrected chi connectivity index (χ2v) is 11.8. The molecule has 0 saturated carbocycles. The molecule has 0 spiro atoms. The topological polar surface area (TPSA) is 83.8 Å². The van der Waals surface area contributed by atoms with Crippen LogP contribution in [0, 0.1) is 34.6 Å². The minimum Gasteiger partial charge on any atom is -0.318 e. The number of carbonyl (C=O) groups is 1. The molecule has 4 rings (SSSR count). The highest BCUT2D eigenvalue weighted by Gasteiger charge is 2.28. The number of aromatic nitrogens is 1. The van der Waals surface area contributed by atoms with Crippen LogP contribution in [0.4, 0.5) is 5.69 Å². The second-order valence-electron chi connectivity index (χ2n) is 9.50. The molecule has 7 nitrogen and oxygen atoms in total. The van der Waals surface area contributed by atoms with Gasteiger partial charge in [0.2, 0.25) is 0 Å². The lowest BCUT2D eigenvalue weighted by atomic mass is 10.2. The molecule has 0 aliphatic heterocycles. The summed E-state index contributed by atoms with van der Waals surface area (Å²) in [7, 11) is -4.07. The molecule has 0 saturated heterocycles. The van der Waals surface area contributed by atoms with E-state index in [0.717, 1.165) is 32.5 Å². The first kappa shape index (κ1) is 28.1. The van der Waals surface area contributed by atoms with Crippen LogP contribution in [0.1, 0.15) is 33.6 Å². The zero-order valence-electron chi connectivity index (χ0n) is 22.6. The number of benzene rings is 3. The van der Waals surface area contributed by atoms with E-state index in [0.29, 0.717) is 16.3 Å². The number of anilines is 1. The molecule has 1 N–H and O–H groups in total. The number of carbonyl (C=O) groups excluding carboxylic acids is 1. The summed E-state index contributed by atoms with van der Waals surface area (Å²) in [6.45, 7) is 9.14. The number of amides is 1. The number of hydrogen-bond acceptors (Lipinski definition) is 4. The molecule has 202 valence electrons. The van der Waals surface area contributed by atoms with Crippen LogP contribution in [0.25, 0.3) is 5.69 Å². The molecule has 1 aromatic heterocycles. The smallest absolute Gasteiger partial charge is 0.264 e. The molecule has 3 aromatic carbocycles. The van der Waals surface area contributed by atoms with Crippen LogP contribution in [0.15, 0.2) is 82.8 Å². The van der Waals surface area contributed by atoms with E-state index in [4.69, 9.17) is 11.6 Å². The maximum absolute atomic E-state index is 13.6. The van der Waals surface area contributed by atoms with Crippen LogP contribution >= 0.6 is 11.6 Å². The van der Waals surface area contributed by atoms with E-state index in [2.05, 4.69) is 39.4 Å². The highest BCUT2D eigenvalue weighted by molar-refractivity contribution is 7.92. The van der Waals surface area contributed by atoms with E-state index in [9.17, 15) is 13.2 Å². The average molecular weight is 563 g/mol. The lowest BCUT2D eigenvalue weighted by Crippen LogP contribution is -2.40. The zero-order valence-corrected chi connectivity index (χ0v) is 24.1. The van der Waals surface area contributed by atoms with Gasteiger partial charge in [0.25, 0.3) is 15.9 Å². The normalized spacial score (nSPS) is 11.6. The second kappa shape index (κ2) is 11.5. The van der Waals surface area contributed by atoms with Gasteiger partial charge in [-0.2, -0.15) is 5.10 Å². The summed E-state index contributed by atoms with van der Waals surface area (Å²) in [4.78, 5) is 13.1. The molecular formula is C30H31ClN4O3S. The average Bonchev–Trinajstić information content (AvgIpc) is 3.18. The Morgan fingerprint density at radius 2 is 1.56 bits per heavy atom. The minimum atomic E-state index is -4.07. The number of sulfonamides is 1. The number of nitrogens with zero attached hydrogens (tertiary/aromatic N) is 3. The van der Waals surface area contributed by atoms with Gasteiger partial charge in [-0.05, 0) is 82.6 Å². The fraction of sp³-hybridized carbons (Fsp3) is 0.200. The van der Waals surface area contributed by atoms with Crippen molar-refractivity contribution >= 4 is 39.4 Å². The van der Waals surface area contributed by atoms with Crippen LogP contribution in [0.3, 0.4) is 0 Å². The summed E-state index contributed by atoms with van der Waals surface area (Å²) < 4.78 is 30.5. The maximum Gasteiger partial charge on any atom is 0.264 e. The third kappa shape index (κ3) is 6.08.